The van der Waals surface area contributed by atoms with Gasteiger partial charge in [0.05, 0.1) is 5.39 Å². The van der Waals surface area contributed by atoms with Crippen LogP contribution >= 0.6 is 0 Å². The first kappa shape index (κ1) is 19.8. The van der Waals surface area contributed by atoms with Gasteiger partial charge in [0.25, 0.3) is 0 Å². The van der Waals surface area contributed by atoms with E-state index in [1.165, 1.54) is 0 Å². The number of ether oxygens (including phenoxy) is 1. The molecule has 0 N–H and O–H groups in total. The number of fused-ring (bicyclic) bond motifs is 2. The lowest BCUT2D eigenvalue weighted by Gasteiger charge is -2.12. The Balaban J connectivity index is 1.57. The third-order valence-corrected chi connectivity index (χ3v) is 5.55. The second kappa shape index (κ2) is 7.85. The zero-order valence-corrected chi connectivity index (χ0v) is 17.7. The summed E-state index contributed by atoms with van der Waals surface area (Å²) in [7, 11) is 0. The van der Waals surface area contributed by atoms with Crippen LogP contribution in [0.15, 0.2) is 86.4 Å². The maximum absolute atomic E-state index is 13.4. The molecule has 3 aromatic carbocycles. The van der Waals surface area contributed by atoms with Crippen LogP contribution in [-0.2, 0) is 0 Å². The average molecular weight is 424 g/mol. The van der Waals surface area contributed by atoms with E-state index in [4.69, 9.17) is 13.6 Å². The van der Waals surface area contributed by atoms with Gasteiger partial charge in [0.1, 0.15) is 11.2 Å². The standard InChI is InChI=1S/C27H20O5/c1-16-12-20-23(13-17(16)2)32-26(18-8-4-3-5-9-18)27(25(20)29)30-15-21(28)24-14-19-10-6-7-11-22(19)31-24/h3-14H,15H2,1-2H3. The van der Waals surface area contributed by atoms with Crippen LogP contribution in [0.1, 0.15) is 21.7 Å². The van der Waals surface area contributed by atoms with Gasteiger partial charge in [-0.3, -0.25) is 9.59 Å². The second-order valence-electron chi connectivity index (χ2n) is 7.75. The quantitative estimate of drug-likeness (QED) is 0.320. The van der Waals surface area contributed by atoms with Crippen molar-refractivity contribution in [2.45, 2.75) is 13.8 Å². The Bertz CT molecular complexity index is 1490. The molecule has 0 atom stereocenters. The monoisotopic (exact) mass is 424 g/mol. The van der Waals surface area contributed by atoms with Gasteiger partial charge >= 0.3 is 0 Å². The molecule has 158 valence electrons. The zero-order valence-electron chi connectivity index (χ0n) is 17.7. The highest BCUT2D eigenvalue weighted by Gasteiger charge is 2.21. The van der Waals surface area contributed by atoms with Crippen molar-refractivity contribution in [3.63, 3.8) is 0 Å². The first-order valence-electron chi connectivity index (χ1n) is 10.3. The minimum absolute atomic E-state index is 0.0106. The Kier molecular flexibility index (Phi) is 4.86. The molecule has 5 nitrogen and oxygen atoms in total. The lowest BCUT2D eigenvalue weighted by atomic mass is 10.0. The molecule has 0 aliphatic heterocycles. The van der Waals surface area contributed by atoms with E-state index in [1.54, 1.807) is 18.2 Å². The molecule has 2 heterocycles. The lowest BCUT2D eigenvalue weighted by molar-refractivity contribution is 0.0894. The van der Waals surface area contributed by atoms with Crippen LogP contribution < -0.4 is 10.2 Å². The van der Waals surface area contributed by atoms with E-state index in [1.807, 2.05) is 68.4 Å². The highest BCUT2D eigenvalue weighted by Crippen LogP contribution is 2.32. The molecule has 0 aliphatic rings. The summed E-state index contributed by atoms with van der Waals surface area (Å²) in [5, 5.41) is 1.25. The SMILES string of the molecule is Cc1cc2oc(-c3ccccc3)c(OCC(=O)c3cc4ccccc4o3)c(=O)c2cc1C. The number of rotatable bonds is 5. The Morgan fingerprint density at radius 3 is 2.34 bits per heavy atom. The van der Waals surface area contributed by atoms with Gasteiger partial charge < -0.3 is 13.6 Å². The molecule has 5 rings (SSSR count). The highest BCUT2D eigenvalue weighted by molar-refractivity contribution is 5.98. The van der Waals surface area contributed by atoms with Crippen molar-refractivity contribution in [2.24, 2.45) is 0 Å². The summed E-state index contributed by atoms with van der Waals surface area (Å²) in [4.78, 5) is 26.1. The van der Waals surface area contributed by atoms with Gasteiger partial charge in [-0.2, -0.15) is 0 Å². The fourth-order valence-corrected chi connectivity index (χ4v) is 3.67. The van der Waals surface area contributed by atoms with Gasteiger partial charge in [-0.1, -0.05) is 48.5 Å². The number of hydrogen-bond acceptors (Lipinski definition) is 5. The van der Waals surface area contributed by atoms with Crippen LogP contribution in [0.3, 0.4) is 0 Å². The number of ketones is 1. The molecule has 0 radical (unpaired) electrons. The van der Waals surface area contributed by atoms with Crippen LogP contribution in [0, 0.1) is 13.8 Å². The Labute approximate surface area is 183 Å². The number of aryl methyl sites for hydroxylation is 2. The maximum atomic E-state index is 13.4. The summed E-state index contributed by atoms with van der Waals surface area (Å²) in [5.41, 5.74) is 3.47. The summed E-state index contributed by atoms with van der Waals surface area (Å²) in [6.45, 7) is 3.55. The minimum atomic E-state index is -0.361. The molecule has 0 amide bonds. The van der Waals surface area contributed by atoms with Crippen molar-refractivity contribution in [1.82, 2.24) is 0 Å². The van der Waals surface area contributed by atoms with E-state index in [2.05, 4.69) is 0 Å². The summed E-state index contributed by atoms with van der Waals surface area (Å²) in [6, 6.07) is 21.9. The first-order valence-corrected chi connectivity index (χ1v) is 10.3. The number of carbonyl (C=O) groups excluding carboxylic acids is 1. The van der Waals surface area contributed by atoms with E-state index in [9.17, 15) is 9.59 Å². The highest BCUT2D eigenvalue weighted by atomic mass is 16.5. The summed E-state index contributed by atoms with van der Waals surface area (Å²) in [5.74, 6) is 0.129. The normalized spacial score (nSPS) is 11.2. The van der Waals surface area contributed by atoms with Crippen LogP contribution in [0.2, 0.25) is 0 Å². The molecular formula is C27H20O5. The van der Waals surface area contributed by atoms with Gasteiger partial charge in [0.2, 0.25) is 17.0 Å². The van der Waals surface area contributed by atoms with Gasteiger partial charge in [-0.15, -0.1) is 0 Å². The number of carbonyl (C=O) groups is 1. The lowest BCUT2D eigenvalue weighted by Crippen LogP contribution is -2.17. The van der Waals surface area contributed by atoms with E-state index in [-0.39, 0.29) is 29.3 Å². The van der Waals surface area contributed by atoms with Crippen LogP contribution in [-0.4, -0.2) is 12.4 Å². The van der Waals surface area contributed by atoms with Crippen molar-refractivity contribution in [3.05, 3.63) is 99.9 Å². The number of hydrogen-bond donors (Lipinski definition) is 0. The van der Waals surface area contributed by atoms with Gasteiger partial charge in [-0.25, -0.2) is 0 Å². The number of furan rings is 1. The van der Waals surface area contributed by atoms with Crippen molar-refractivity contribution in [3.8, 4) is 17.1 Å². The third-order valence-electron chi connectivity index (χ3n) is 5.55. The van der Waals surface area contributed by atoms with Crippen LogP contribution in [0.4, 0.5) is 0 Å². The Hall–Kier alpha value is -4.12. The van der Waals surface area contributed by atoms with Crippen LogP contribution in [0.25, 0.3) is 33.3 Å². The van der Waals surface area contributed by atoms with E-state index >= 15 is 0 Å². The number of benzene rings is 3. The first-order chi connectivity index (χ1) is 15.5. The zero-order chi connectivity index (χ0) is 22.2. The van der Waals surface area contributed by atoms with E-state index in [0.29, 0.717) is 27.9 Å². The van der Waals surface area contributed by atoms with Gasteiger partial charge in [0.15, 0.2) is 18.1 Å². The van der Waals surface area contributed by atoms with Crippen molar-refractivity contribution in [2.75, 3.05) is 6.61 Å². The Morgan fingerprint density at radius 1 is 0.844 bits per heavy atom. The number of Topliss-reactive ketones (excluding diaryl/α,β-unsaturated/α-hetero) is 1. The molecule has 32 heavy (non-hydrogen) atoms. The molecule has 5 heteroatoms. The average Bonchev–Trinajstić information content (AvgIpc) is 3.25. The molecule has 0 aliphatic carbocycles. The third kappa shape index (κ3) is 3.48. The molecule has 2 aromatic heterocycles. The predicted molar refractivity (Wildman–Crippen MR) is 123 cm³/mol. The maximum Gasteiger partial charge on any atom is 0.235 e. The fraction of sp³-hybridized carbons (Fsp3) is 0.111. The topological polar surface area (TPSA) is 69.7 Å². The molecule has 0 bridgehead atoms. The number of para-hydroxylation sites is 1. The second-order valence-corrected chi connectivity index (χ2v) is 7.75. The van der Waals surface area contributed by atoms with E-state index < -0.39 is 0 Å². The Morgan fingerprint density at radius 2 is 1.56 bits per heavy atom. The molecule has 0 fully saturated rings. The summed E-state index contributed by atoms with van der Waals surface area (Å²) in [6.07, 6.45) is 0. The van der Waals surface area contributed by atoms with Crippen molar-refractivity contribution < 1.29 is 18.4 Å². The smallest absolute Gasteiger partial charge is 0.235 e. The molecule has 0 saturated heterocycles. The van der Waals surface area contributed by atoms with E-state index in [0.717, 1.165) is 16.5 Å². The molecule has 0 unspecified atom stereocenters. The molecule has 5 aromatic rings. The van der Waals surface area contributed by atoms with Gasteiger partial charge in [0, 0.05) is 10.9 Å². The van der Waals surface area contributed by atoms with Crippen molar-refractivity contribution in [1.29, 1.82) is 0 Å². The molecular weight excluding hydrogens is 404 g/mol. The predicted octanol–water partition coefficient (Wildman–Crippen LogP) is 6.08. The van der Waals surface area contributed by atoms with Crippen molar-refractivity contribution >= 4 is 27.7 Å². The minimum Gasteiger partial charge on any atom is -0.478 e. The fourth-order valence-electron chi connectivity index (χ4n) is 3.67. The van der Waals surface area contributed by atoms with Gasteiger partial charge in [-0.05, 0) is 49.2 Å². The largest absolute Gasteiger partial charge is 0.478 e. The van der Waals surface area contributed by atoms with Crippen LogP contribution in [0.5, 0.6) is 5.75 Å². The summed E-state index contributed by atoms with van der Waals surface area (Å²) >= 11 is 0. The molecule has 0 spiro atoms. The molecule has 0 saturated carbocycles. The summed E-state index contributed by atoms with van der Waals surface area (Å²) < 4.78 is 17.6.